The second-order valence-corrected chi connectivity index (χ2v) is 7.59. The van der Waals surface area contributed by atoms with Gasteiger partial charge in [0.05, 0.1) is 14.2 Å². The number of rotatable bonds is 4. The van der Waals surface area contributed by atoms with Gasteiger partial charge in [-0.15, -0.1) is 0 Å². The minimum atomic E-state index is 0.0140. The standard InChI is InChI=1S/C23H27NO3/c1-24-21(15-9-4-6-13-19(15)26-2)17-11-8-12-18(23(17)25)22(24)16-10-5-7-14-20(16)27-3/h4-7,9-10,13-14,17-18,21-22H,8,11-12H2,1-3H3/t17-,18-,21-,22+/m1/s1. The first-order valence-corrected chi connectivity index (χ1v) is 9.69. The minimum Gasteiger partial charge on any atom is -0.496 e. The monoisotopic (exact) mass is 365 g/mol. The van der Waals surface area contributed by atoms with E-state index in [0.29, 0.717) is 5.78 Å². The third kappa shape index (κ3) is 2.92. The first-order chi connectivity index (χ1) is 13.2. The molecule has 0 unspecified atom stereocenters. The van der Waals surface area contributed by atoms with Crippen molar-refractivity contribution in [1.29, 1.82) is 0 Å². The number of hydrogen-bond donors (Lipinski definition) is 0. The van der Waals surface area contributed by atoms with Gasteiger partial charge < -0.3 is 9.47 Å². The summed E-state index contributed by atoms with van der Waals surface area (Å²) in [4.78, 5) is 15.8. The lowest BCUT2D eigenvalue weighted by molar-refractivity contribution is -0.143. The zero-order chi connectivity index (χ0) is 19.0. The molecular formula is C23H27NO3. The maximum absolute atomic E-state index is 13.4. The number of para-hydroxylation sites is 2. The highest BCUT2D eigenvalue weighted by atomic mass is 16.5. The molecule has 142 valence electrons. The van der Waals surface area contributed by atoms with Crippen LogP contribution in [0.3, 0.4) is 0 Å². The highest BCUT2D eigenvalue weighted by Crippen LogP contribution is 2.53. The Morgan fingerprint density at radius 3 is 1.70 bits per heavy atom. The van der Waals surface area contributed by atoms with Crippen LogP contribution in [0.15, 0.2) is 48.5 Å². The zero-order valence-electron chi connectivity index (χ0n) is 16.2. The van der Waals surface area contributed by atoms with E-state index in [2.05, 4.69) is 24.1 Å². The predicted molar refractivity (Wildman–Crippen MR) is 105 cm³/mol. The van der Waals surface area contributed by atoms with Crippen molar-refractivity contribution in [1.82, 2.24) is 4.90 Å². The van der Waals surface area contributed by atoms with E-state index in [-0.39, 0.29) is 23.9 Å². The van der Waals surface area contributed by atoms with Crippen molar-refractivity contribution in [3.8, 4) is 11.5 Å². The smallest absolute Gasteiger partial charge is 0.142 e. The molecule has 1 saturated heterocycles. The van der Waals surface area contributed by atoms with Crippen LogP contribution in [-0.4, -0.2) is 32.0 Å². The van der Waals surface area contributed by atoms with E-state index < -0.39 is 0 Å². The van der Waals surface area contributed by atoms with Crippen LogP contribution in [0, 0.1) is 11.8 Å². The van der Waals surface area contributed by atoms with E-state index in [9.17, 15) is 4.79 Å². The maximum atomic E-state index is 13.4. The second-order valence-electron chi connectivity index (χ2n) is 7.59. The summed E-state index contributed by atoms with van der Waals surface area (Å²) in [6.45, 7) is 0. The van der Waals surface area contributed by atoms with Crippen LogP contribution in [0.5, 0.6) is 11.5 Å². The SMILES string of the molecule is COc1ccccc1[C@@H]1[C@H]2CCC[C@@H](C2=O)[C@H](c2ccccc2OC)N1C. The molecule has 2 aromatic rings. The summed E-state index contributed by atoms with van der Waals surface area (Å²) >= 11 is 0. The largest absolute Gasteiger partial charge is 0.496 e. The summed E-state index contributed by atoms with van der Waals surface area (Å²) in [5, 5.41) is 0. The van der Waals surface area contributed by atoms with Gasteiger partial charge >= 0.3 is 0 Å². The van der Waals surface area contributed by atoms with Gasteiger partial charge in [0.15, 0.2) is 0 Å². The summed E-state index contributed by atoms with van der Waals surface area (Å²) in [5.41, 5.74) is 2.20. The van der Waals surface area contributed by atoms with E-state index >= 15 is 0 Å². The fourth-order valence-corrected chi connectivity index (χ4v) is 5.18. The van der Waals surface area contributed by atoms with Crippen LogP contribution < -0.4 is 9.47 Å². The number of carbonyl (C=O) groups is 1. The Morgan fingerprint density at radius 1 is 0.815 bits per heavy atom. The summed E-state index contributed by atoms with van der Waals surface area (Å²) in [7, 11) is 5.54. The van der Waals surface area contributed by atoms with Crippen molar-refractivity contribution >= 4 is 5.78 Å². The van der Waals surface area contributed by atoms with Crippen LogP contribution in [0.1, 0.15) is 42.5 Å². The molecule has 1 aliphatic heterocycles. The number of Topliss-reactive ketones (excluding diaryl/α,β-unsaturated/α-hetero) is 1. The third-order valence-corrected chi connectivity index (χ3v) is 6.32. The van der Waals surface area contributed by atoms with Crippen molar-refractivity contribution in [2.75, 3.05) is 21.3 Å². The summed E-state index contributed by atoms with van der Waals surface area (Å²) in [5.74, 6) is 2.15. The van der Waals surface area contributed by atoms with Gasteiger partial charge in [-0.25, -0.2) is 0 Å². The van der Waals surface area contributed by atoms with Crippen molar-refractivity contribution in [2.24, 2.45) is 11.8 Å². The Bertz CT molecular complexity index is 768. The van der Waals surface area contributed by atoms with Gasteiger partial charge in [-0.2, -0.15) is 0 Å². The lowest BCUT2D eigenvalue weighted by Gasteiger charge is -2.51. The van der Waals surface area contributed by atoms with Gasteiger partial charge in [-0.1, -0.05) is 42.8 Å². The summed E-state index contributed by atoms with van der Waals surface area (Å²) in [6, 6.07) is 16.2. The number of ketones is 1. The molecule has 0 spiro atoms. The number of fused-ring (bicyclic) bond motifs is 2. The van der Waals surface area contributed by atoms with Gasteiger partial charge in [-0.05, 0) is 32.0 Å². The molecule has 4 nitrogen and oxygen atoms in total. The maximum Gasteiger partial charge on any atom is 0.142 e. The third-order valence-electron chi connectivity index (χ3n) is 6.32. The Kier molecular flexibility index (Phi) is 4.92. The Labute approximate surface area is 161 Å². The molecule has 1 saturated carbocycles. The number of ether oxygens (including phenoxy) is 2. The number of nitrogens with zero attached hydrogens (tertiary/aromatic N) is 1. The number of methoxy groups -OCH3 is 2. The Balaban J connectivity index is 1.84. The molecule has 0 amide bonds. The second kappa shape index (κ2) is 7.35. The topological polar surface area (TPSA) is 38.8 Å². The molecule has 2 fully saturated rings. The lowest BCUT2D eigenvalue weighted by Crippen LogP contribution is -2.51. The molecule has 0 radical (unpaired) electrons. The Hall–Kier alpha value is -2.33. The van der Waals surface area contributed by atoms with E-state index in [1.54, 1.807) is 14.2 Å². The molecule has 1 heterocycles. The molecule has 4 atom stereocenters. The van der Waals surface area contributed by atoms with Crippen molar-refractivity contribution < 1.29 is 14.3 Å². The van der Waals surface area contributed by atoms with Gasteiger partial charge in [0.1, 0.15) is 17.3 Å². The quantitative estimate of drug-likeness (QED) is 0.804. The molecule has 4 rings (SSSR count). The molecule has 2 aliphatic rings. The first-order valence-electron chi connectivity index (χ1n) is 9.69. The molecule has 2 bridgehead atoms. The molecule has 1 aliphatic carbocycles. The van der Waals surface area contributed by atoms with E-state index in [0.717, 1.165) is 41.9 Å². The molecule has 4 heteroatoms. The average Bonchev–Trinajstić information content (AvgIpc) is 2.70. The van der Waals surface area contributed by atoms with Crippen LogP contribution in [0.2, 0.25) is 0 Å². The highest BCUT2D eigenvalue weighted by molar-refractivity contribution is 5.87. The van der Waals surface area contributed by atoms with E-state index in [4.69, 9.17) is 9.47 Å². The molecule has 0 N–H and O–H groups in total. The number of hydrogen-bond acceptors (Lipinski definition) is 4. The van der Waals surface area contributed by atoms with Crippen LogP contribution in [-0.2, 0) is 4.79 Å². The number of piperidine rings is 1. The average molecular weight is 365 g/mol. The van der Waals surface area contributed by atoms with Crippen molar-refractivity contribution in [2.45, 2.75) is 31.3 Å². The van der Waals surface area contributed by atoms with Gasteiger partial charge in [0, 0.05) is 35.0 Å². The number of carbonyl (C=O) groups excluding carboxylic acids is 1. The number of likely N-dealkylation sites (tertiary alicyclic amines) is 1. The number of benzene rings is 2. The normalized spacial score (nSPS) is 28.0. The zero-order valence-corrected chi connectivity index (χ0v) is 16.2. The van der Waals surface area contributed by atoms with E-state index in [1.807, 2.05) is 36.4 Å². The summed E-state index contributed by atoms with van der Waals surface area (Å²) in [6.07, 6.45) is 2.98. The van der Waals surface area contributed by atoms with Crippen molar-refractivity contribution in [3.63, 3.8) is 0 Å². The van der Waals surface area contributed by atoms with Crippen LogP contribution in [0.4, 0.5) is 0 Å². The highest BCUT2D eigenvalue weighted by Gasteiger charge is 2.50. The fourth-order valence-electron chi connectivity index (χ4n) is 5.18. The Morgan fingerprint density at radius 2 is 1.26 bits per heavy atom. The lowest BCUT2D eigenvalue weighted by atomic mass is 9.66. The van der Waals surface area contributed by atoms with Crippen LogP contribution >= 0.6 is 0 Å². The minimum absolute atomic E-state index is 0.0140. The summed E-state index contributed by atoms with van der Waals surface area (Å²) < 4.78 is 11.3. The van der Waals surface area contributed by atoms with Gasteiger partial charge in [-0.3, -0.25) is 9.69 Å². The molecule has 2 aromatic carbocycles. The van der Waals surface area contributed by atoms with Gasteiger partial charge in [0.25, 0.3) is 0 Å². The van der Waals surface area contributed by atoms with E-state index in [1.165, 1.54) is 0 Å². The molecule has 27 heavy (non-hydrogen) atoms. The first kappa shape index (κ1) is 18.1. The fraction of sp³-hybridized carbons (Fsp3) is 0.435. The molecule has 0 aromatic heterocycles. The van der Waals surface area contributed by atoms with Gasteiger partial charge in [0.2, 0.25) is 0 Å². The van der Waals surface area contributed by atoms with Crippen molar-refractivity contribution in [3.05, 3.63) is 59.7 Å². The predicted octanol–water partition coefficient (Wildman–Crippen LogP) is 4.42. The van der Waals surface area contributed by atoms with Crippen LogP contribution in [0.25, 0.3) is 0 Å². The molecular weight excluding hydrogens is 338 g/mol.